The lowest BCUT2D eigenvalue weighted by atomic mass is 9.95. The number of amides is 1. The van der Waals surface area contributed by atoms with Crippen LogP contribution in [-0.4, -0.2) is 17.0 Å². The van der Waals surface area contributed by atoms with Gasteiger partial charge < -0.3 is 10.4 Å². The van der Waals surface area contributed by atoms with Crippen LogP contribution in [0.25, 0.3) is 0 Å². The summed E-state index contributed by atoms with van der Waals surface area (Å²) in [6.07, 6.45) is 2.17. The Morgan fingerprint density at radius 2 is 1.95 bits per heavy atom. The van der Waals surface area contributed by atoms with E-state index < -0.39 is 17.8 Å². The van der Waals surface area contributed by atoms with Gasteiger partial charge in [-0.15, -0.1) is 0 Å². The summed E-state index contributed by atoms with van der Waals surface area (Å²) in [5.74, 6) is -1.74. The second-order valence-electron chi connectivity index (χ2n) is 5.27. The number of para-hydroxylation sites is 1. The maximum Gasteiger partial charge on any atom is 0.307 e. The van der Waals surface area contributed by atoms with Crippen molar-refractivity contribution in [2.45, 2.75) is 26.2 Å². The van der Waals surface area contributed by atoms with Crippen LogP contribution in [-0.2, 0) is 9.59 Å². The Balaban J connectivity index is 2.11. The number of carboxylic acid groups (broad SMARTS) is 1. The van der Waals surface area contributed by atoms with Gasteiger partial charge in [-0.05, 0) is 46.8 Å². The summed E-state index contributed by atoms with van der Waals surface area (Å²) in [6.45, 7) is 2.04. The molecule has 0 bridgehead atoms. The van der Waals surface area contributed by atoms with E-state index in [1.165, 1.54) is 0 Å². The zero-order valence-corrected chi connectivity index (χ0v) is 12.9. The number of carbonyl (C=O) groups excluding carboxylic acids is 1. The van der Waals surface area contributed by atoms with Crippen molar-refractivity contribution < 1.29 is 14.7 Å². The molecule has 0 aliphatic heterocycles. The van der Waals surface area contributed by atoms with Gasteiger partial charge in [-0.25, -0.2) is 0 Å². The first-order chi connectivity index (χ1) is 9.52. The van der Waals surface area contributed by atoms with E-state index in [-0.39, 0.29) is 5.91 Å². The molecule has 1 amide bonds. The van der Waals surface area contributed by atoms with Crippen molar-refractivity contribution in [2.24, 2.45) is 17.8 Å². The highest BCUT2D eigenvalue weighted by Gasteiger charge is 2.42. The van der Waals surface area contributed by atoms with Crippen molar-refractivity contribution in [1.82, 2.24) is 0 Å². The number of hydrogen-bond acceptors (Lipinski definition) is 2. The number of aliphatic carboxylic acids is 1. The van der Waals surface area contributed by atoms with Gasteiger partial charge in [0.1, 0.15) is 0 Å². The minimum atomic E-state index is -0.867. The summed E-state index contributed by atoms with van der Waals surface area (Å²) in [7, 11) is 0. The third kappa shape index (κ3) is 3.20. The Kier molecular flexibility index (Phi) is 4.81. The molecule has 1 saturated carbocycles. The molecule has 20 heavy (non-hydrogen) atoms. The Bertz CT molecular complexity index is 518. The fourth-order valence-corrected chi connectivity index (χ4v) is 3.21. The molecule has 1 aliphatic rings. The molecule has 0 spiro atoms. The van der Waals surface area contributed by atoms with Crippen LogP contribution in [0.1, 0.15) is 26.2 Å². The first kappa shape index (κ1) is 15.0. The van der Waals surface area contributed by atoms with E-state index in [4.69, 9.17) is 0 Å². The Morgan fingerprint density at radius 1 is 1.30 bits per heavy atom. The van der Waals surface area contributed by atoms with Gasteiger partial charge in [0.05, 0.1) is 17.5 Å². The van der Waals surface area contributed by atoms with Crippen molar-refractivity contribution in [3.05, 3.63) is 28.7 Å². The summed E-state index contributed by atoms with van der Waals surface area (Å²) in [6, 6.07) is 7.33. The van der Waals surface area contributed by atoms with Crippen LogP contribution in [0.4, 0.5) is 5.69 Å². The summed E-state index contributed by atoms with van der Waals surface area (Å²) >= 11 is 3.37. The molecule has 3 atom stereocenters. The van der Waals surface area contributed by atoms with E-state index >= 15 is 0 Å². The molecule has 2 N–H and O–H groups in total. The van der Waals surface area contributed by atoms with Gasteiger partial charge >= 0.3 is 5.97 Å². The second-order valence-corrected chi connectivity index (χ2v) is 6.12. The van der Waals surface area contributed by atoms with Crippen molar-refractivity contribution in [3.8, 4) is 0 Å². The molecular weight excluding hydrogens is 322 g/mol. The fourth-order valence-electron chi connectivity index (χ4n) is 2.83. The van der Waals surface area contributed by atoms with Gasteiger partial charge in [0, 0.05) is 4.47 Å². The monoisotopic (exact) mass is 339 g/mol. The summed E-state index contributed by atoms with van der Waals surface area (Å²) in [5, 5.41) is 12.1. The predicted octanol–water partition coefficient (Wildman–Crippen LogP) is 3.52. The van der Waals surface area contributed by atoms with Gasteiger partial charge in [-0.3, -0.25) is 9.59 Å². The van der Waals surface area contributed by atoms with Crippen LogP contribution in [0, 0.1) is 17.8 Å². The summed E-state index contributed by atoms with van der Waals surface area (Å²) in [4.78, 5) is 23.7. The minimum Gasteiger partial charge on any atom is -0.481 e. The van der Waals surface area contributed by atoms with Crippen molar-refractivity contribution in [3.63, 3.8) is 0 Å². The van der Waals surface area contributed by atoms with Crippen molar-refractivity contribution in [1.29, 1.82) is 0 Å². The standard InChI is InChI=1S/C15H18BrNO3/c1-2-9-7-10(11(8-9)15(19)20)14(18)17-13-6-4-3-5-12(13)16/h3-6,9-11H,2,7-8H2,1H3,(H,17,18)(H,19,20). The highest BCUT2D eigenvalue weighted by atomic mass is 79.9. The van der Waals surface area contributed by atoms with E-state index in [2.05, 4.69) is 21.2 Å². The van der Waals surface area contributed by atoms with Crippen molar-refractivity contribution >= 4 is 33.5 Å². The summed E-state index contributed by atoms with van der Waals surface area (Å²) < 4.78 is 0.797. The Hall–Kier alpha value is -1.36. The average molecular weight is 340 g/mol. The SMILES string of the molecule is CCC1CC(C(=O)O)C(C(=O)Nc2ccccc2Br)C1. The van der Waals surface area contributed by atoms with E-state index in [1.54, 1.807) is 6.07 Å². The molecule has 0 saturated heterocycles. The lowest BCUT2D eigenvalue weighted by Crippen LogP contribution is -2.30. The summed E-state index contributed by atoms with van der Waals surface area (Å²) in [5.41, 5.74) is 0.682. The van der Waals surface area contributed by atoms with E-state index in [0.29, 0.717) is 24.4 Å². The normalized spacial score (nSPS) is 25.4. The van der Waals surface area contributed by atoms with E-state index in [0.717, 1.165) is 10.9 Å². The molecular formula is C15H18BrNO3. The third-order valence-corrected chi connectivity index (χ3v) is 4.71. The van der Waals surface area contributed by atoms with Crippen LogP contribution in [0.15, 0.2) is 28.7 Å². The molecule has 5 heteroatoms. The van der Waals surface area contributed by atoms with Crippen LogP contribution in [0.2, 0.25) is 0 Å². The smallest absolute Gasteiger partial charge is 0.307 e. The quantitative estimate of drug-likeness (QED) is 0.881. The lowest BCUT2D eigenvalue weighted by molar-refractivity contribution is -0.145. The van der Waals surface area contributed by atoms with Gasteiger partial charge in [0.15, 0.2) is 0 Å². The maximum atomic E-state index is 12.3. The zero-order chi connectivity index (χ0) is 14.7. The van der Waals surface area contributed by atoms with Crippen LogP contribution < -0.4 is 5.32 Å². The average Bonchev–Trinajstić information content (AvgIpc) is 2.86. The Morgan fingerprint density at radius 3 is 2.55 bits per heavy atom. The van der Waals surface area contributed by atoms with Gasteiger partial charge in [-0.2, -0.15) is 0 Å². The highest BCUT2D eigenvalue weighted by molar-refractivity contribution is 9.10. The number of hydrogen-bond donors (Lipinski definition) is 2. The topological polar surface area (TPSA) is 66.4 Å². The first-order valence-corrected chi connectivity index (χ1v) is 7.60. The lowest BCUT2D eigenvalue weighted by Gasteiger charge is -2.16. The number of nitrogens with one attached hydrogen (secondary N) is 1. The van der Waals surface area contributed by atoms with Crippen molar-refractivity contribution in [2.75, 3.05) is 5.32 Å². The number of carboxylic acids is 1. The predicted molar refractivity (Wildman–Crippen MR) is 80.4 cm³/mol. The Labute approximate surface area is 126 Å². The molecule has 1 aromatic carbocycles. The first-order valence-electron chi connectivity index (χ1n) is 6.81. The van der Waals surface area contributed by atoms with Crippen LogP contribution in [0.5, 0.6) is 0 Å². The number of carbonyl (C=O) groups is 2. The minimum absolute atomic E-state index is 0.194. The molecule has 1 fully saturated rings. The zero-order valence-electron chi connectivity index (χ0n) is 11.3. The molecule has 108 valence electrons. The van der Waals surface area contributed by atoms with Crippen LogP contribution >= 0.6 is 15.9 Å². The highest BCUT2D eigenvalue weighted by Crippen LogP contribution is 2.39. The molecule has 1 aromatic rings. The van der Waals surface area contributed by atoms with E-state index in [9.17, 15) is 14.7 Å². The van der Waals surface area contributed by atoms with Gasteiger partial charge in [0.25, 0.3) is 0 Å². The van der Waals surface area contributed by atoms with Gasteiger partial charge in [0.2, 0.25) is 5.91 Å². The number of benzene rings is 1. The molecule has 0 aromatic heterocycles. The molecule has 0 heterocycles. The number of anilines is 1. The fraction of sp³-hybridized carbons (Fsp3) is 0.467. The largest absolute Gasteiger partial charge is 0.481 e. The maximum absolute atomic E-state index is 12.3. The third-order valence-electron chi connectivity index (χ3n) is 4.02. The van der Waals surface area contributed by atoms with E-state index in [1.807, 2.05) is 25.1 Å². The molecule has 2 rings (SSSR count). The molecule has 0 radical (unpaired) electrons. The molecule has 4 nitrogen and oxygen atoms in total. The molecule has 3 unspecified atom stereocenters. The number of rotatable bonds is 4. The van der Waals surface area contributed by atoms with Gasteiger partial charge in [-0.1, -0.05) is 25.5 Å². The molecule has 1 aliphatic carbocycles. The second kappa shape index (κ2) is 6.39. The number of halogens is 1. The van der Waals surface area contributed by atoms with Crippen LogP contribution in [0.3, 0.4) is 0 Å².